The summed E-state index contributed by atoms with van der Waals surface area (Å²) in [6.45, 7) is 4.33. The summed E-state index contributed by atoms with van der Waals surface area (Å²) >= 11 is 0. The van der Waals surface area contributed by atoms with Crippen molar-refractivity contribution in [1.29, 1.82) is 0 Å². The molecule has 0 spiro atoms. The van der Waals surface area contributed by atoms with Crippen LogP contribution in [0.3, 0.4) is 0 Å². The Morgan fingerprint density at radius 3 is 1.96 bits per heavy atom. The molecule has 0 heterocycles. The first-order chi connectivity index (χ1) is 12.4. The van der Waals surface area contributed by atoms with Gasteiger partial charge < -0.3 is 14.6 Å². The number of para-hydroxylation sites is 1. The van der Waals surface area contributed by atoms with E-state index in [-0.39, 0.29) is 23.3 Å². The Kier molecular flexibility index (Phi) is 11.5. The fraction of sp³-hybridized carbons (Fsp3) is 0.222. The van der Waals surface area contributed by atoms with Gasteiger partial charge in [0.25, 0.3) is 0 Å². The molecule has 2 rings (SSSR count). The number of carbonyl (C=O) groups is 1. The molecule has 0 aliphatic heterocycles. The quantitative estimate of drug-likeness (QED) is 0.868. The van der Waals surface area contributed by atoms with Crippen LogP contribution >= 0.6 is 0 Å². The summed E-state index contributed by atoms with van der Waals surface area (Å²) in [5, 5.41) is 8.56. The van der Waals surface area contributed by atoms with Gasteiger partial charge in [0.2, 0.25) is 0 Å². The smallest absolute Gasteiger partial charge is 0.373 e. The minimum atomic E-state index is -1.29. The van der Waals surface area contributed by atoms with Crippen molar-refractivity contribution in [3.8, 4) is 11.5 Å². The number of rotatable bonds is 5. The number of benzene rings is 2. The van der Waals surface area contributed by atoms with Crippen molar-refractivity contribution in [3.05, 3.63) is 59.7 Å². The molecule has 0 aliphatic carbocycles. The maximum absolute atomic E-state index is 13.2. The van der Waals surface area contributed by atoms with Gasteiger partial charge in [-0.05, 0) is 38.1 Å². The van der Waals surface area contributed by atoms with Gasteiger partial charge in [0, 0.05) is 0 Å². The largest absolute Gasteiger partial charge is 0.491 e. The number of carbonyl (C=O) groups excluding carboxylic acids is 2. The molecule has 0 aromatic heterocycles. The van der Waals surface area contributed by atoms with Gasteiger partial charge >= 0.3 is 12.1 Å². The molecule has 26 heavy (non-hydrogen) atoms. The highest BCUT2D eigenvalue weighted by atomic mass is 19.1. The van der Waals surface area contributed by atoms with E-state index in [4.69, 9.17) is 24.2 Å². The first-order valence-electron chi connectivity index (χ1n) is 7.44. The lowest BCUT2D eigenvalue weighted by Gasteiger charge is -2.05. The zero-order valence-corrected chi connectivity index (χ0v) is 14.2. The SMILES string of the molecule is CCOc1cccc(C(=O)O)c1F.CCOc1ccccc1F.O=C=O. The van der Waals surface area contributed by atoms with Gasteiger partial charge in [0.1, 0.15) is 0 Å². The lowest BCUT2D eigenvalue weighted by atomic mass is 10.2. The summed E-state index contributed by atoms with van der Waals surface area (Å²) < 4.78 is 35.7. The van der Waals surface area contributed by atoms with Gasteiger partial charge in [0.05, 0.1) is 18.8 Å². The van der Waals surface area contributed by atoms with Crippen molar-refractivity contribution in [3.63, 3.8) is 0 Å². The normalized spacial score (nSPS) is 8.77. The summed E-state index contributed by atoms with van der Waals surface area (Å²) in [4.78, 5) is 26.7. The number of hydrogen-bond donors (Lipinski definition) is 1. The molecule has 0 amide bonds. The Morgan fingerprint density at radius 1 is 0.962 bits per heavy atom. The number of carboxylic acid groups (broad SMARTS) is 1. The number of carboxylic acids is 1. The number of hydrogen-bond acceptors (Lipinski definition) is 5. The molecule has 140 valence electrons. The molecule has 0 bridgehead atoms. The Morgan fingerprint density at radius 2 is 1.46 bits per heavy atom. The third-order valence-electron chi connectivity index (χ3n) is 2.63. The second-order valence-electron chi connectivity index (χ2n) is 4.30. The molecule has 0 atom stereocenters. The average Bonchev–Trinajstić information content (AvgIpc) is 2.60. The standard InChI is InChI=1S/C9H9FO3.C8H9FO.CO2/c1-2-13-7-5-3-4-6(8(7)10)9(11)12;1-2-10-8-6-4-3-5-7(8)9;2-1-3/h3-5H,2H2,1H3,(H,11,12);3-6H,2H2,1H3;. The molecule has 0 saturated carbocycles. The fourth-order valence-corrected chi connectivity index (χ4v) is 1.66. The van der Waals surface area contributed by atoms with Gasteiger partial charge in [-0.25, -0.2) is 13.6 Å². The molecular formula is C18H18F2O6. The Bertz CT molecular complexity index is 727. The predicted molar refractivity (Wildman–Crippen MR) is 87.1 cm³/mol. The lowest BCUT2D eigenvalue weighted by molar-refractivity contribution is -0.191. The molecule has 0 radical (unpaired) electrons. The minimum absolute atomic E-state index is 0.0256. The zero-order chi connectivity index (χ0) is 19.9. The summed E-state index contributed by atoms with van der Waals surface area (Å²) in [7, 11) is 0. The second kappa shape index (κ2) is 13.1. The maximum Gasteiger partial charge on any atom is 0.373 e. The van der Waals surface area contributed by atoms with Crippen LogP contribution < -0.4 is 9.47 Å². The molecular weight excluding hydrogens is 350 g/mol. The summed E-state index contributed by atoms with van der Waals surface area (Å²) in [6, 6.07) is 10.4. The van der Waals surface area contributed by atoms with Crippen LogP contribution in [0.25, 0.3) is 0 Å². The highest BCUT2D eigenvalue weighted by Gasteiger charge is 2.13. The number of ether oxygens (including phenoxy) is 2. The molecule has 8 heteroatoms. The molecule has 0 aliphatic rings. The highest BCUT2D eigenvalue weighted by Crippen LogP contribution is 2.20. The average molecular weight is 368 g/mol. The maximum atomic E-state index is 13.2. The van der Waals surface area contributed by atoms with E-state index in [2.05, 4.69) is 0 Å². The number of halogens is 2. The van der Waals surface area contributed by atoms with Crippen molar-refractivity contribution in [1.82, 2.24) is 0 Å². The third kappa shape index (κ3) is 8.03. The van der Waals surface area contributed by atoms with E-state index in [1.165, 1.54) is 24.3 Å². The Hall–Kier alpha value is -3.25. The van der Waals surface area contributed by atoms with E-state index in [1.54, 1.807) is 25.1 Å². The van der Waals surface area contributed by atoms with Crippen molar-refractivity contribution in [2.45, 2.75) is 13.8 Å². The minimum Gasteiger partial charge on any atom is -0.491 e. The first kappa shape index (κ1) is 22.8. The van der Waals surface area contributed by atoms with E-state index in [1.807, 2.05) is 6.92 Å². The van der Waals surface area contributed by atoms with Crippen molar-refractivity contribution in [2.24, 2.45) is 0 Å². The van der Waals surface area contributed by atoms with E-state index in [0.717, 1.165) is 0 Å². The molecule has 2 aromatic carbocycles. The summed E-state index contributed by atoms with van der Waals surface area (Å²) in [5.74, 6) is -2.12. The highest BCUT2D eigenvalue weighted by molar-refractivity contribution is 5.88. The van der Waals surface area contributed by atoms with Crippen molar-refractivity contribution < 1.29 is 37.7 Å². The Labute approximate surface area is 149 Å². The molecule has 1 N–H and O–H groups in total. The predicted octanol–water partition coefficient (Wildman–Crippen LogP) is 3.56. The van der Waals surface area contributed by atoms with Gasteiger partial charge in [-0.3, -0.25) is 0 Å². The topological polar surface area (TPSA) is 89.9 Å². The van der Waals surface area contributed by atoms with Crippen LogP contribution in [0.15, 0.2) is 42.5 Å². The van der Waals surface area contributed by atoms with Gasteiger partial charge in [-0.15, -0.1) is 0 Å². The monoisotopic (exact) mass is 368 g/mol. The molecule has 0 unspecified atom stereocenters. The molecule has 6 nitrogen and oxygen atoms in total. The van der Waals surface area contributed by atoms with Gasteiger partial charge in [-0.2, -0.15) is 9.59 Å². The second-order valence-corrected chi connectivity index (χ2v) is 4.30. The van der Waals surface area contributed by atoms with Crippen LogP contribution in [0.1, 0.15) is 24.2 Å². The summed E-state index contributed by atoms with van der Waals surface area (Å²) in [5.41, 5.74) is -0.369. The van der Waals surface area contributed by atoms with E-state index >= 15 is 0 Å². The van der Waals surface area contributed by atoms with E-state index in [9.17, 15) is 13.6 Å². The summed E-state index contributed by atoms with van der Waals surface area (Å²) in [6.07, 6.45) is 0.250. The molecule has 0 fully saturated rings. The number of aromatic carboxylic acids is 1. The molecule has 0 saturated heterocycles. The van der Waals surface area contributed by atoms with E-state index in [0.29, 0.717) is 19.0 Å². The fourth-order valence-electron chi connectivity index (χ4n) is 1.66. The van der Waals surface area contributed by atoms with Crippen molar-refractivity contribution in [2.75, 3.05) is 13.2 Å². The van der Waals surface area contributed by atoms with Gasteiger partial charge in [0.15, 0.2) is 23.1 Å². The molecule has 2 aromatic rings. The first-order valence-corrected chi connectivity index (χ1v) is 7.44. The van der Waals surface area contributed by atoms with Crippen molar-refractivity contribution >= 4 is 12.1 Å². The van der Waals surface area contributed by atoms with Crippen LogP contribution in [0, 0.1) is 11.6 Å². The zero-order valence-electron chi connectivity index (χ0n) is 14.2. The van der Waals surface area contributed by atoms with Crippen LogP contribution in [0.2, 0.25) is 0 Å². The third-order valence-corrected chi connectivity index (χ3v) is 2.63. The lowest BCUT2D eigenvalue weighted by Crippen LogP contribution is -2.03. The van der Waals surface area contributed by atoms with E-state index < -0.39 is 11.8 Å². The van der Waals surface area contributed by atoms with Crippen LogP contribution in [0.4, 0.5) is 8.78 Å². The van der Waals surface area contributed by atoms with Crippen LogP contribution in [-0.2, 0) is 9.59 Å². The van der Waals surface area contributed by atoms with Crippen LogP contribution in [-0.4, -0.2) is 30.4 Å². The Balaban J connectivity index is 0.000000428. The van der Waals surface area contributed by atoms with Crippen LogP contribution in [0.5, 0.6) is 11.5 Å². The van der Waals surface area contributed by atoms with Gasteiger partial charge in [-0.1, -0.05) is 18.2 Å².